The van der Waals surface area contributed by atoms with Gasteiger partial charge in [-0.15, -0.1) is 0 Å². The lowest BCUT2D eigenvalue weighted by atomic mass is 9.85. The number of fused-ring (bicyclic) bond motifs is 9. The summed E-state index contributed by atoms with van der Waals surface area (Å²) < 4.78 is 6.73. The van der Waals surface area contributed by atoms with Crippen LogP contribution in [0.25, 0.3) is 87.3 Å². The molecule has 11 rings (SSSR count). The van der Waals surface area contributed by atoms with Crippen LogP contribution in [0.5, 0.6) is 0 Å². The number of benzene rings is 10. The van der Waals surface area contributed by atoms with Gasteiger partial charge in [-0.25, -0.2) is 0 Å². The molecule has 2 nitrogen and oxygen atoms in total. The summed E-state index contributed by atoms with van der Waals surface area (Å²) >= 11 is 0. The third-order valence-corrected chi connectivity index (χ3v) is 11.0. The van der Waals surface area contributed by atoms with Crippen molar-refractivity contribution in [3.05, 3.63) is 200 Å². The van der Waals surface area contributed by atoms with E-state index in [0.717, 1.165) is 39.0 Å². The molecule has 0 amide bonds. The first kappa shape index (κ1) is 30.5. The normalized spacial score (nSPS) is 11.7. The first-order valence-electron chi connectivity index (χ1n) is 18.5. The number of hydrogen-bond donors (Lipinski definition) is 0. The van der Waals surface area contributed by atoms with E-state index in [2.05, 4.69) is 199 Å². The third kappa shape index (κ3) is 4.74. The van der Waals surface area contributed by atoms with E-state index in [0.29, 0.717) is 0 Å². The molecular formula is C52H33NO. The lowest BCUT2D eigenvalue weighted by Gasteiger charge is -2.27. The standard InChI is InChI=1S/C52H33NO/c1-3-15-35(16-4-1)50-45-22-10-9-20-42(45)43-31-29-39(33-47(43)51(50)36-17-5-2-6-18-36)53(48-24-13-23-46-44-21-11-12-25-49(44)54-52(46)48)38-28-30-41-37(32-38)27-26-34-14-7-8-19-40(34)41/h1-33H. The van der Waals surface area contributed by atoms with E-state index < -0.39 is 0 Å². The zero-order valence-corrected chi connectivity index (χ0v) is 29.4. The predicted octanol–water partition coefficient (Wildman–Crippen LogP) is 15.0. The molecule has 0 aliphatic carbocycles. The molecule has 0 aliphatic heterocycles. The van der Waals surface area contributed by atoms with Crippen LogP contribution in [0.3, 0.4) is 0 Å². The molecule has 1 aromatic heterocycles. The highest BCUT2D eigenvalue weighted by atomic mass is 16.3. The summed E-state index contributed by atoms with van der Waals surface area (Å²) in [7, 11) is 0. The fourth-order valence-electron chi connectivity index (χ4n) is 8.60. The van der Waals surface area contributed by atoms with Crippen molar-refractivity contribution in [1.82, 2.24) is 0 Å². The van der Waals surface area contributed by atoms with Gasteiger partial charge in [0, 0.05) is 22.1 Å². The Balaban J connectivity index is 1.25. The summed E-state index contributed by atoms with van der Waals surface area (Å²) in [5, 5.41) is 12.0. The molecule has 0 atom stereocenters. The summed E-state index contributed by atoms with van der Waals surface area (Å²) in [6, 6.07) is 72.3. The van der Waals surface area contributed by atoms with Crippen LogP contribution in [0.2, 0.25) is 0 Å². The van der Waals surface area contributed by atoms with E-state index in [-0.39, 0.29) is 0 Å². The Hall–Kier alpha value is -7.16. The SMILES string of the molecule is c1ccc(-c2c(-c3ccccc3)c3cc(N(c4ccc5c(ccc6ccccc65)c4)c4cccc5c4oc4ccccc45)ccc3c3ccccc23)cc1. The Morgan fingerprint density at radius 3 is 1.63 bits per heavy atom. The van der Waals surface area contributed by atoms with E-state index >= 15 is 0 Å². The Bertz CT molecular complexity index is 3210. The highest BCUT2D eigenvalue weighted by Crippen LogP contribution is 2.48. The van der Waals surface area contributed by atoms with Gasteiger partial charge in [-0.3, -0.25) is 0 Å². The molecular weight excluding hydrogens is 655 g/mol. The van der Waals surface area contributed by atoms with Gasteiger partial charge in [0.15, 0.2) is 5.58 Å². The van der Waals surface area contributed by atoms with Gasteiger partial charge in [0.25, 0.3) is 0 Å². The van der Waals surface area contributed by atoms with Gasteiger partial charge < -0.3 is 9.32 Å². The minimum Gasteiger partial charge on any atom is -0.454 e. The maximum absolute atomic E-state index is 6.73. The van der Waals surface area contributed by atoms with Crippen molar-refractivity contribution < 1.29 is 4.42 Å². The van der Waals surface area contributed by atoms with Crippen molar-refractivity contribution in [3.8, 4) is 22.3 Å². The maximum atomic E-state index is 6.73. The molecule has 0 spiro atoms. The Kier molecular flexibility index (Phi) is 6.90. The fraction of sp³-hybridized carbons (Fsp3) is 0. The minimum absolute atomic E-state index is 0.865. The largest absolute Gasteiger partial charge is 0.454 e. The molecule has 10 aromatic carbocycles. The second-order valence-electron chi connectivity index (χ2n) is 14.0. The molecule has 0 saturated heterocycles. The first-order chi connectivity index (χ1) is 26.8. The van der Waals surface area contributed by atoms with Crippen LogP contribution in [-0.4, -0.2) is 0 Å². The quantitative estimate of drug-likeness (QED) is 0.168. The lowest BCUT2D eigenvalue weighted by Crippen LogP contribution is -2.10. The van der Waals surface area contributed by atoms with Gasteiger partial charge in [0.1, 0.15) is 5.58 Å². The van der Waals surface area contributed by atoms with Crippen molar-refractivity contribution in [1.29, 1.82) is 0 Å². The van der Waals surface area contributed by atoms with E-state index in [1.165, 1.54) is 65.3 Å². The number of furan rings is 1. The van der Waals surface area contributed by atoms with E-state index in [4.69, 9.17) is 4.42 Å². The van der Waals surface area contributed by atoms with Gasteiger partial charge in [0.05, 0.1) is 5.69 Å². The number of para-hydroxylation sites is 2. The molecule has 252 valence electrons. The molecule has 2 heteroatoms. The van der Waals surface area contributed by atoms with E-state index in [1.54, 1.807) is 0 Å². The monoisotopic (exact) mass is 687 g/mol. The van der Waals surface area contributed by atoms with Gasteiger partial charge in [0.2, 0.25) is 0 Å². The van der Waals surface area contributed by atoms with Crippen molar-refractivity contribution in [2.45, 2.75) is 0 Å². The van der Waals surface area contributed by atoms with Crippen molar-refractivity contribution >= 4 is 82.1 Å². The van der Waals surface area contributed by atoms with Gasteiger partial charge in [-0.2, -0.15) is 0 Å². The van der Waals surface area contributed by atoms with Crippen molar-refractivity contribution in [2.24, 2.45) is 0 Å². The molecule has 54 heavy (non-hydrogen) atoms. The average molecular weight is 688 g/mol. The topological polar surface area (TPSA) is 16.4 Å². The molecule has 0 unspecified atom stereocenters. The molecule has 1 heterocycles. The zero-order valence-electron chi connectivity index (χ0n) is 29.4. The second-order valence-corrected chi connectivity index (χ2v) is 14.0. The van der Waals surface area contributed by atoms with Crippen LogP contribution in [0.15, 0.2) is 205 Å². The molecule has 0 saturated carbocycles. The minimum atomic E-state index is 0.865. The molecule has 0 bridgehead atoms. The Labute approximate surface area is 312 Å². The molecule has 0 fully saturated rings. The number of rotatable bonds is 5. The molecule has 0 radical (unpaired) electrons. The van der Waals surface area contributed by atoms with Crippen molar-refractivity contribution in [2.75, 3.05) is 4.90 Å². The predicted molar refractivity (Wildman–Crippen MR) is 229 cm³/mol. The summed E-state index contributed by atoms with van der Waals surface area (Å²) in [6.45, 7) is 0. The molecule has 0 aliphatic rings. The highest BCUT2D eigenvalue weighted by molar-refractivity contribution is 6.22. The van der Waals surface area contributed by atoms with Crippen LogP contribution in [0.1, 0.15) is 0 Å². The molecule has 0 N–H and O–H groups in total. The maximum Gasteiger partial charge on any atom is 0.159 e. The van der Waals surface area contributed by atoms with Crippen molar-refractivity contribution in [3.63, 3.8) is 0 Å². The van der Waals surface area contributed by atoms with Crippen LogP contribution in [-0.2, 0) is 0 Å². The third-order valence-electron chi connectivity index (χ3n) is 11.0. The van der Waals surface area contributed by atoms with Gasteiger partial charge in [-0.05, 0) is 102 Å². The van der Waals surface area contributed by atoms with Crippen LogP contribution < -0.4 is 4.90 Å². The number of hydrogen-bond acceptors (Lipinski definition) is 2. The average Bonchev–Trinajstić information content (AvgIpc) is 3.63. The van der Waals surface area contributed by atoms with Gasteiger partial charge in [-0.1, -0.05) is 164 Å². The lowest BCUT2D eigenvalue weighted by molar-refractivity contribution is 0.669. The smallest absolute Gasteiger partial charge is 0.159 e. The molecule has 11 aromatic rings. The fourth-order valence-corrected chi connectivity index (χ4v) is 8.60. The van der Waals surface area contributed by atoms with Crippen LogP contribution in [0.4, 0.5) is 17.1 Å². The Morgan fingerprint density at radius 1 is 0.315 bits per heavy atom. The van der Waals surface area contributed by atoms with Crippen LogP contribution >= 0.6 is 0 Å². The van der Waals surface area contributed by atoms with Gasteiger partial charge >= 0.3 is 0 Å². The van der Waals surface area contributed by atoms with E-state index in [1.807, 2.05) is 6.07 Å². The zero-order chi connectivity index (χ0) is 35.6. The number of anilines is 3. The summed E-state index contributed by atoms with van der Waals surface area (Å²) in [5.74, 6) is 0. The Morgan fingerprint density at radius 2 is 0.852 bits per heavy atom. The number of nitrogens with zero attached hydrogens (tertiary/aromatic N) is 1. The van der Waals surface area contributed by atoms with E-state index in [9.17, 15) is 0 Å². The summed E-state index contributed by atoms with van der Waals surface area (Å²) in [5.41, 5.74) is 9.72. The first-order valence-corrected chi connectivity index (χ1v) is 18.5. The highest BCUT2D eigenvalue weighted by Gasteiger charge is 2.23. The summed E-state index contributed by atoms with van der Waals surface area (Å²) in [4.78, 5) is 2.38. The summed E-state index contributed by atoms with van der Waals surface area (Å²) in [6.07, 6.45) is 0. The van der Waals surface area contributed by atoms with Crippen LogP contribution in [0, 0.1) is 0 Å². The second kappa shape index (κ2) is 12.2.